The average Bonchev–Trinajstić information content (AvgIpc) is 2.15. The summed E-state index contributed by atoms with van der Waals surface area (Å²) in [4.78, 5) is 0. The first-order valence-electron chi connectivity index (χ1n) is 4.09. The topological polar surface area (TPSA) is 46.2 Å². The molecule has 1 rings (SSSR count). The van der Waals surface area contributed by atoms with Crippen molar-refractivity contribution >= 4 is 11.6 Å². The molecule has 1 aromatic rings. The van der Waals surface area contributed by atoms with Crippen molar-refractivity contribution in [2.45, 2.75) is 12.2 Å². The van der Waals surface area contributed by atoms with Crippen LogP contribution < -0.4 is 5.73 Å². The Kier molecular flexibility index (Phi) is 3.59. The number of aliphatic hydroxyl groups excluding tert-OH is 1. The number of hydrogen-bond donors (Lipinski definition) is 2. The molecule has 1 atom stereocenters. The molecule has 1 unspecified atom stereocenters. The number of nitrogens with two attached hydrogens (primary N) is 1. The van der Waals surface area contributed by atoms with Gasteiger partial charge in [-0.05, 0) is 17.7 Å². The van der Waals surface area contributed by atoms with E-state index in [1.165, 1.54) is 6.07 Å². The molecule has 0 aromatic heterocycles. The highest BCUT2D eigenvalue weighted by Crippen LogP contribution is 2.33. The SMILES string of the molecule is NC(CO)c1ccc(C(F)(F)F)cc1Cl. The van der Waals surface area contributed by atoms with Crippen molar-refractivity contribution in [1.29, 1.82) is 0 Å². The Hall–Kier alpha value is -0.780. The molecule has 0 bridgehead atoms. The number of rotatable bonds is 2. The van der Waals surface area contributed by atoms with E-state index in [1.54, 1.807) is 0 Å². The Morgan fingerprint density at radius 3 is 2.40 bits per heavy atom. The number of aliphatic hydroxyl groups is 1. The zero-order chi connectivity index (χ0) is 11.6. The van der Waals surface area contributed by atoms with Crippen molar-refractivity contribution in [2.24, 2.45) is 5.73 Å². The minimum Gasteiger partial charge on any atom is -0.394 e. The zero-order valence-electron chi connectivity index (χ0n) is 7.55. The molecule has 0 fully saturated rings. The third kappa shape index (κ3) is 2.84. The molecule has 1 aromatic carbocycles. The molecular formula is C9H9ClF3NO. The van der Waals surface area contributed by atoms with E-state index in [0.29, 0.717) is 5.56 Å². The van der Waals surface area contributed by atoms with Gasteiger partial charge in [0.25, 0.3) is 0 Å². The van der Waals surface area contributed by atoms with Gasteiger partial charge in [0, 0.05) is 5.02 Å². The van der Waals surface area contributed by atoms with Gasteiger partial charge in [0.1, 0.15) is 0 Å². The molecule has 0 spiro atoms. The summed E-state index contributed by atoms with van der Waals surface area (Å²) in [6, 6.07) is 2.09. The number of alkyl halides is 3. The van der Waals surface area contributed by atoms with Crippen molar-refractivity contribution in [1.82, 2.24) is 0 Å². The van der Waals surface area contributed by atoms with Crippen LogP contribution in [0.25, 0.3) is 0 Å². The molecule has 3 N–H and O–H groups in total. The van der Waals surface area contributed by atoms with Gasteiger partial charge >= 0.3 is 6.18 Å². The van der Waals surface area contributed by atoms with E-state index in [-0.39, 0.29) is 11.6 Å². The predicted octanol–water partition coefficient (Wildman–Crippen LogP) is 2.35. The van der Waals surface area contributed by atoms with Gasteiger partial charge in [0.05, 0.1) is 18.2 Å². The summed E-state index contributed by atoms with van der Waals surface area (Å²) in [6.07, 6.45) is -4.43. The maximum atomic E-state index is 12.2. The van der Waals surface area contributed by atoms with E-state index >= 15 is 0 Å². The van der Waals surface area contributed by atoms with E-state index in [2.05, 4.69) is 0 Å². The molecule has 0 aliphatic heterocycles. The standard InChI is InChI=1S/C9H9ClF3NO/c10-7-3-5(9(11,12)13)1-2-6(7)8(14)4-15/h1-3,8,15H,4,14H2. The van der Waals surface area contributed by atoms with Crippen LogP contribution in [0.1, 0.15) is 17.2 Å². The average molecular weight is 240 g/mol. The van der Waals surface area contributed by atoms with Crippen LogP contribution in [0, 0.1) is 0 Å². The lowest BCUT2D eigenvalue weighted by Gasteiger charge is -2.13. The van der Waals surface area contributed by atoms with Crippen LogP contribution in [0.5, 0.6) is 0 Å². The second kappa shape index (κ2) is 4.38. The lowest BCUT2D eigenvalue weighted by molar-refractivity contribution is -0.137. The van der Waals surface area contributed by atoms with Gasteiger partial charge in [0.15, 0.2) is 0 Å². The Bertz CT molecular complexity index is 354. The van der Waals surface area contributed by atoms with Crippen LogP contribution in [0.4, 0.5) is 13.2 Å². The van der Waals surface area contributed by atoms with Crippen LogP contribution in [0.2, 0.25) is 5.02 Å². The smallest absolute Gasteiger partial charge is 0.394 e. The van der Waals surface area contributed by atoms with Gasteiger partial charge in [-0.1, -0.05) is 17.7 Å². The Morgan fingerprint density at radius 1 is 1.40 bits per heavy atom. The number of hydrogen-bond acceptors (Lipinski definition) is 2. The van der Waals surface area contributed by atoms with Gasteiger partial charge < -0.3 is 10.8 Å². The molecular weight excluding hydrogens is 231 g/mol. The minimum atomic E-state index is -4.43. The first kappa shape index (κ1) is 12.3. The molecule has 0 amide bonds. The molecule has 6 heteroatoms. The van der Waals surface area contributed by atoms with E-state index in [0.717, 1.165) is 12.1 Å². The van der Waals surface area contributed by atoms with Crippen LogP contribution in [-0.4, -0.2) is 11.7 Å². The maximum Gasteiger partial charge on any atom is 0.416 e. The van der Waals surface area contributed by atoms with Crippen LogP contribution in [0.3, 0.4) is 0 Å². The van der Waals surface area contributed by atoms with E-state index < -0.39 is 17.8 Å². The molecule has 0 saturated carbocycles. The quantitative estimate of drug-likeness (QED) is 0.832. The van der Waals surface area contributed by atoms with Crippen molar-refractivity contribution in [3.8, 4) is 0 Å². The Morgan fingerprint density at radius 2 is 2.00 bits per heavy atom. The molecule has 2 nitrogen and oxygen atoms in total. The van der Waals surface area contributed by atoms with Crippen molar-refractivity contribution in [3.63, 3.8) is 0 Å². The van der Waals surface area contributed by atoms with Crippen LogP contribution in [-0.2, 0) is 6.18 Å². The lowest BCUT2D eigenvalue weighted by Crippen LogP contribution is -2.15. The molecule has 0 aliphatic rings. The largest absolute Gasteiger partial charge is 0.416 e. The summed E-state index contributed by atoms with van der Waals surface area (Å²) < 4.78 is 36.7. The normalized spacial score (nSPS) is 14.0. The number of halogens is 4. The first-order chi connectivity index (χ1) is 6.86. The van der Waals surface area contributed by atoms with E-state index in [1.807, 2.05) is 0 Å². The molecule has 84 valence electrons. The highest BCUT2D eigenvalue weighted by molar-refractivity contribution is 6.31. The number of benzene rings is 1. The molecule has 0 saturated heterocycles. The maximum absolute atomic E-state index is 12.2. The predicted molar refractivity (Wildman–Crippen MR) is 50.5 cm³/mol. The summed E-state index contributed by atoms with van der Waals surface area (Å²) >= 11 is 5.62. The van der Waals surface area contributed by atoms with Crippen molar-refractivity contribution < 1.29 is 18.3 Å². The fourth-order valence-corrected chi connectivity index (χ4v) is 1.42. The van der Waals surface area contributed by atoms with Gasteiger partial charge in [0.2, 0.25) is 0 Å². The Balaban J connectivity index is 3.09. The second-order valence-corrected chi connectivity index (χ2v) is 3.43. The molecule has 0 radical (unpaired) electrons. The van der Waals surface area contributed by atoms with Crippen LogP contribution in [0.15, 0.2) is 18.2 Å². The zero-order valence-corrected chi connectivity index (χ0v) is 8.31. The summed E-state index contributed by atoms with van der Waals surface area (Å²) in [5.74, 6) is 0. The molecule has 0 heterocycles. The summed E-state index contributed by atoms with van der Waals surface area (Å²) in [7, 11) is 0. The fourth-order valence-electron chi connectivity index (χ4n) is 1.10. The molecule has 15 heavy (non-hydrogen) atoms. The van der Waals surface area contributed by atoms with Gasteiger partial charge in [-0.25, -0.2) is 0 Å². The van der Waals surface area contributed by atoms with Crippen molar-refractivity contribution in [2.75, 3.05) is 6.61 Å². The van der Waals surface area contributed by atoms with Crippen LogP contribution >= 0.6 is 11.6 Å². The third-order valence-corrected chi connectivity index (χ3v) is 2.25. The van der Waals surface area contributed by atoms with Gasteiger partial charge in [-0.15, -0.1) is 0 Å². The second-order valence-electron chi connectivity index (χ2n) is 3.02. The summed E-state index contributed by atoms with van der Waals surface area (Å²) in [5.41, 5.74) is 4.90. The molecule has 0 aliphatic carbocycles. The highest BCUT2D eigenvalue weighted by Gasteiger charge is 2.31. The Labute approximate surface area is 89.5 Å². The minimum absolute atomic E-state index is 0.0913. The van der Waals surface area contributed by atoms with Gasteiger partial charge in [-0.3, -0.25) is 0 Å². The monoisotopic (exact) mass is 239 g/mol. The highest BCUT2D eigenvalue weighted by atomic mass is 35.5. The van der Waals surface area contributed by atoms with Gasteiger partial charge in [-0.2, -0.15) is 13.2 Å². The summed E-state index contributed by atoms with van der Waals surface area (Å²) in [5, 5.41) is 8.64. The first-order valence-corrected chi connectivity index (χ1v) is 4.47. The van der Waals surface area contributed by atoms with E-state index in [4.69, 9.17) is 22.4 Å². The third-order valence-electron chi connectivity index (χ3n) is 1.92. The van der Waals surface area contributed by atoms with E-state index in [9.17, 15) is 13.2 Å². The lowest BCUT2D eigenvalue weighted by atomic mass is 10.1. The van der Waals surface area contributed by atoms with Crippen molar-refractivity contribution in [3.05, 3.63) is 34.3 Å². The summed E-state index contributed by atoms with van der Waals surface area (Å²) in [6.45, 7) is -0.370. The fraction of sp³-hybridized carbons (Fsp3) is 0.333.